The average molecular weight is 188 g/mol. The lowest BCUT2D eigenvalue weighted by atomic mass is 10.4. The smallest absolute Gasteiger partial charge is 0.422 e. The molecule has 0 amide bonds. The van der Waals surface area contributed by atoms with Crippen LogP contribution >= 0.6 is 8.60 Å². The first-order chi connectivity index (χ1) is 5.58. The van der Waals surface area contributed by atoms with Gasteiger partial charge in [0.15, 0.2) is 0 Å². The van der Waals surface area contributed by atoms with E-state index in [2.05, 4.69) is 6.58 Å². The quantitative estimate of drug-likeness (QED) is 0.623. The van der Waals surface area contributed by atoms with Gasteiger partial charge in [-0.15, -0.1) is 0 Å². The van der Waals surface area contributed by atoms with Gasteiger partial charge in [0.1, 0.15) is 11.5 Å². The minimum absolute atomic E-state index is 0.106. The van der Waals surface area contributed by atoms with E-state index in [0.717, 1.165) is 5.76 Å². The van der Waals surface area contributed by atoms with Gasteiger partial charge < -0.3 is 9.05 Å². The molecular formula is C8H13O3P. The Labute approximate surface area is 74.0 Å². The monoisotopic (exact) mass is 188 g/mol. The van der Waals surface area contributed by atoms with Gasteiger partial charge in [0.25, 0.3) is 0 Å². The van der Waals surface area contributed by atoms with E-state index >= 15 is 0 Å². The van der Waals surface area contributed by atoms with Gasteiger partial charge >= 0.3 is 8.60 Å². The van der Waals surface area contributed by atoms with Crippen LogP contribution in [-0.4, -0.2) is 6.10 Å². The first-order valence-electron chi connectivity index (χ1n) is 3.78. The Hall–Kier alpha value is -0.530. The number of allylic oxidation sites excluding steroid dienone is 2. The molecule has 1 atom stereocenters. The Morgan fingerprint density at radius 3 is 2.67 bits per heavy atom. The molecule has 1 aliphatic heterocycles. The van der Waals surface area contributed by atoms with Crippen molar-refractivity contribution in [2.75, 3.05) is 0 Å². The van der Waals surface area contributed by atoms with Crippen LogP contribution < -0.4 is 0 Å². The lowest BCUT2D eigenvalue weighted by Crippen LogP contribution is -2.04. The van der Waals surface area contributed by atoms with E-state index in [1.807, 2.05) is 20.8 Å². The van der Waals surface area contributed by atoms with Crippen LogP contribution in [0.3, 0.4) is 0 Å². The summed E-state index contributed by atoms with van der Waals surface area (Å²) in [6.07, 6.45) is 1.84. The molecule has 0 radical (unpaired) electrons. The van der Waals surface area contributed by atoms with Crippen LogP contribution in [-0.2, 0) is 13.6 Å². The predicted molar refractivity (Wildman–Crippen MR) is 48.2 cm³/mol. The van der Waals surface area contributed by atoms with Crippen molar-refractivity contribution in [1.82, 2.24) is 0 Å². The second-order valence-electron chi connectivity index (χ2n) is 2.78. The summed E-state index contributed by atoms with van der Waals surface area (Å²) in [5.41, 5.74) is 0. The summed E-state index contributed by atoms with van der Waals surface area (Å²) in [7, 11) is -1.26. The fourth-order valence-electron chi connectivity index (χ4n) is 0.727. The van der Waals surface area contributed by atoms with Crippen molar-refractivity contribution in [1.29, 1.82) is 0 Å². The van der Waals surface area contributed by atoms with Gasteiger partial charge in [0.05, 0.1) is 6.10 Å². The summed E-state index contributed by atoms with van der Waals surface area (Å²) in [4.78, 5) is 0. The maximum absolute atomic E-state index is 5.35. The molecule has 0 spiro atoms. The first kappa shape index (κ1) is 9.56. The number of hydrogen-bond donors (Lipinski definition) is 0. The Kier molecular flexibility index (Phi) is 3.12. The van der Waals surface area contributed by atoms with Crippen LogP contribution in [0.25, 0.3) is 0 Å². The molecule has 0 fully saturated rings. The molecule has 1 unspecified atom stereocenters. The van der Waals surface area contributed by atoms with Gasteiger partial charge in [0.2, 0.25) is 0 Å². The molecule has 3 nitrogen and oxygen atoms in total. The predicted octanol–water partition coefficient (Wildman–Crippen LogP) is 3.10. The highest BCUT2D eigenvalue weighted by atomic mass is 31.2. The summed E-state index contributed by atoms with van der Waals surface area (Å²) in [5, 5.41) is 0. The van der Waals surface area contributed by atoms with E-state index in [4.69, 9.17) is 13.6 Å². The molecule has 68 valence electrons. The highest BCUT2D eigenvalue weighted by Gasteiger charge is 2.22. The van der Waals surface area contributed by atoms with E-state index in [1.54, 1.807) is 6.08 Å². The van der Waals surface area contributed by atoms with Crippen molar-refractivity contribution in [3.63, 3.8) is 0 Å². The van der Waals surface area contributed by atoms with Crippen molar-refractivity contribution in [2.45, 2.75) is 26.9 Å². The largest absolute Gasteiger partial charge is 0.462 e. The normalized spacial score (nSPS) is 23.2. The third kappa shape index (κ3) is 2.84. The SMILES string of the molecule is C=C1C=C(C)OP(OC(C)C)O1. The zero-order valence-electron chi connectivity index (χ0n) is 7.53. The minimum Gasteiger partial charge on any atom is -0.422 e. The van der Waals surface area contributed by atoms with Crippen molar-refractivity contribution in [3.05, 3.63) is 24.2 Å². The minimum atomic E-state index is -1.26. The van der Waals surface area contributed by atoms with Crippen LogP contribution in [0.1, 0.15) is 20.8 Å². The molecule has 12 heavy (non-hydrogen) atoms. The summed E-state index contributed by atoms with van der Waals surface area (Å²) in [6, 6.07) is 0. The van der Waals surface area contributed by atoms with Crippen LogP contribution in [0, 0.1) is 0 Å². The van der Waals surface area contributed by atoms with Crippen LogP contribution in [0.5, 0.6) is 0 Å². The molecule has 1 aliphatic rings. The summed E-state index contributed by atoms with van der Waals surface area (Å²) in [5.74, 6) is 1.39. The third-order valence-corrected chi connectivity index (χ3v) is 2.49. The Balaban J connectivity index is 2.50. The van der Waals surface area contributed by atoms with E-state index in [-0.39, 0.29) is 6.10 Å². The molecule has 0 saturated carbocycles. The van der Waals surface area contributed by atoms with Crippen molar-refractivity contribution in [2.24, 2.45) is 0 Å². The molecule has 0 N–H and O–H groups in total. The zero-order valence-corrected chi connectivity index (χ0v) is 8.43. The lowest BCUT2D eigenvalue weighted by Gasteiger charge is -2.23. The fourth-order valence-corrected chi connectivity index (χ4v) is 1.73. The summed E-state index contributed by atoms with van der Waals surface area (Å²) >= 11 is 0. The van der Waals surface area contributed by atoms with Gasteiger partial charge in [0, 0.05) is 6.08 Å². The molecule has 1 heterocycles. The summed E-state index contributed by atoms with van der Waals surface area (Å²) in [6.45, 7) is 9.41. The zero-order chi connectivity index (χ0) is 9.14. The fraction of sp³-hybridized carbons (Fsp3) is 0.500. The highest BCUT2D eigenvalue weighted by molar-refractivity contribution is 7.42. The Bertz CT molecular complexity index is 210. The van der Waals surface area contributed by atoms with E-state index in [9.17, 15) is 0 Å². The van der Waals surface area contributed by atoms with Crippen LogP contribution in [0.15, 0.2) is 24.2 Å². The second-order valence-corrected chi connectivity index (χ2v) is 3.80. The molecule has 0 saturated heterocycles. The number of hydrogen-bond acceptors (Lipinski definition) is 3. The van der Waals surface area contributed by atoms with Gasteiger partial charge in [-0.3, -0.25) is 4.52 Å². The lowest BCUT2D eigenvalue weighted by molar-refractivity contribution is 0.169. The first-order valence-corrected chi connectivity index (χ1v) is 4.87. The molecule has 0 aromatic carbocycles. The second kappa shape index (κ2) is 3.92. The molecular weight excluding hydrogens is 175 g/mol. The highest BCUT2D eigenvalue weighted by Crippen LogP contribution is 2.48. The molecule has 4 heteroatoms. The summed E-state index contributed by atoms with van der Waals surface area (Å²) < 4.78 is 15.9. The Morgan fingerprint density at radius 2 is 2.17 bits per heavy atom. The van der Waals surface area contributed by atoms with Crippen molar-refractivity contribution in [3.8, 4) is 0 Å². The maximum atomic E-state index is 5.35. The van der Waals surface area contributed by atoms with Gasteiger partial charge in [-0.25, -0.2) is 0 Å². The van der Waals surface area contributed by atoms with Crippen molar-refractivity contribution >= 4 is 8.60 Å². The maximum Gasteiger partial charge on any atom is 0.462 e. The standard InChI is InChI=1S/C8H13O3P/c1-6(2)9-12-10-7(3)5-8(4)11-12/h5-6H,3H2,1-2,4H3. The van der Waals surface area contributed by atoms with Crippen LogP contribution in [0.2, 0.25) is 0 Å². The van der Waals surface area contributed by atoms with Gasteiger partial charge in [-0.05, 0) is 20.8 Å². The Morgan fingerprint density at radius 1 is 1.50 bits per heavy atom. The number of rotatable bonds is 2. The van der Waals surface area contributed by atoms with E-state index in [1.165, 1.54) is 0 Å². The average Bonchev–Trinajstić information content (AvgIpc) is 1.81. The van der Waals surface area contributed by atoms with E-state index < -0.39 is 8.60 Å². The molecule has 0 aliphatic carbocycles. The van der Waals surface area contributed by atoms with Gasteiger partial charge in [-0.2, -0.15) is 0 Å². The van der Waals surface area contributed by atoms with Gasteiger partial charge in [-0.1, -0.05) is 6.58 Å². The van der Waals surface area contributed by atoms with Crippen LogP contribution in [0.4, 0.5) is 0 Å². The topological polar surface area (TPSA) is 27.7 Å². The third-order valence-electron chi connectivity index (χ3n) is 1.07. The molecule has 0 aromatic heterocycles. The molecule has 0 aromatic rings. The van der Waals surface area contributed by atoms with Crippen molar-refractivity contribution < 1.29 is 13.6 Å². The van der Waals surface area contributed by atoms with E-state index in [0.29, 0.717) is 5.76 Å². The molecule has 0 bridgehead atoms. The molecule has 1 rings (SSSR count).